The molecule has 0 saturated heterocycles. The van der Waals surface area contributed by atoms with Crippen LogP contribution in [0.2, 0.25) is 0 Å². The maximum atomic E-state index is 13.0. The van der Waals surface area contributed by atoms with Gasteiger partial charge in [0.1, 0.15) is 11.6 Å². The first kappa shape index (κ1) is 17.9. The Morgan fingerprint density at radius 2 is 1.64 bits per heavy atom. The predicted octanol–water partition coefficient (Wildman–Crippen LogP) is 4.31. The minimum atomic E-state index is -3.82. The highest BCUT2D eigenvalue weighted by atomic mass is 32.2. The Balaban J connectivity index is 1.53. The molecule has 0 amide bonds. The number of halogens is 1. The summed E-state index contributed by atoms with van der Waals surface area (Å²) in [5.74, 6) is 0.0434. The second-order valence-electron chi connectivity index (χ2n) is 6.00. The van der Waals surface area contributed by atoms with Crippen LogP contribution < -0.4 is 10.0 Å². The van der Waals surface area contributed by atoms with E-state index in [9.17, 15) is 12.8 Å². The fraction of sp³-hybridized carbons (Fsp3) is 0. The molecule has 0 radical (unpaired) electrons. The lowest BCUT2D eigenvalue weighted by molar-refractivity contribution is 0.599. The number of benzene rings is 2. The van der Waals surface area contributed by atoms with Crippen molar-refractivity contribution in [3.63, 3.8) is 0 Å². The molecule has 28 heavy (non-hydrogen) atoms. The normalized spacial score (nSPS) is 11.3. The topological polar surface area (TPSA) is 84.0 Å². The van der Waals surface area contributed by atoms with Crippen LogP contribution in [0.5, 0.6) is 0 Å². The van der Waals surface area contributed by atoms with Gasteiger partial charge in [0.05, 0.1) is 28.0 Å². The maximum absolute atomic E-state index is 13.0. The lowest BCUT2D eigenvalue weighted by Crippen LogP contribution is -2.13. The van der Waals surface area contributed by atoms with Gasteiger partial charge in [-0.2, -0.15) is 0 Å². The van der Waals surface area contributed by atoms with Crippen molar-refractivity contribution < 1.29 is 12.8 Å². The molecular weight excluding hydrogens is 379 g/mol. The quantitative estimate of drug-likeness (QED) is 0.527. The monoisotopic (exact) mass is 394 g/mol. The molecular formula is C20H15FN4O2S. The van der Waals surface area contributed by atoms with E-state index in [4.69, 9.17) is 0 Å². The van der Waals surface area contributed by atoms with Crippen molar-refractivity contribution in [1.29, 1.82) is 0 Å². The van der Waals surface area contributed by atoms with E-state index in [-0.39, 0.29) is 4.90 Å². The molecule has 0 aliphatic heterocycles. The molecule has 2 aromatic heterocycles. The molecule has 0 saturated carbocycles. The Hall–Kier alpha value is -3.52. The molecule has 8 heteroatoms. The van der Waals surface area contributed by atoms with Crippen molar-refractivity contribution in [1.82, 2.24) is 9.97 Å². The Morgan fingerprint density at radius 3 is 2.39 bits per heavy atom. The van der Waals surface area contributed by atoms with Gasteiger partial charge in [-0.15, -0.1) is 0 Å². The zero-order valence-electron chi connectivity index (χ0n) is 14.5. The number of pyridine rings is 2. The lowest BCUT2D eigenvalue weighted by atomic mass is 10.2. The van der Waals surface area contributed by atoms with Crippen LogP contribution in [0.15, 0.2) is 84.0 Å². The first-order valence-electron chi connectivity index (χ1n) is 8.36. The minimum Gasteiger partial charge on any atom is -0.338 e. The summed E-state index contributed by atoms with van der Waals surface area (Å²) in [6.45, 7) is 0. The summed E-state index contributed by atoms with van der Waals surface area (Å²) in [5, 5.41) is 4.18. The third-order valence-electron chi connectivity index (χ3n) is 4.04. The number of fused-ring (bicyclic) bond motifs is 1. The summed E-state index contributed by atoms with van der Waals surface area (Å²) in [5.41, 5.74) is 1.91. The van der Waals surface area contributed by atoms with Gasteiger partial charge in [0, 0.05) is 11.6 Å². The molecule has 0 aliphatic rings. The second-order valence-corrected chi connectivity index (χ2v) is 7.68. The van der Waals surface area contributed by atoms with Crippen LogP contribution in [0.1, 0.15) is 0 Å². The lowest BCUT2D eigenvalue weighted by Gasteiger charge is -2.10. The molecule has 0 atom stereocenters. The van der Waals surface area contributed by atoms with E-state index in [2.05, 4.69) is 20.0 Å². The Bertz CT molecular complexity index is 1220. The van der Waals surface area contributed by atoms with Crippen molar-refractivity contribution in [3.8, 4) is 0 Å². The van der Waals surface area contributed by atoms with Gasteiger partial charge in [-0.05, 0) is 48.5 Å². The van der Waals surface area contributed by atoms with Gasteiger partial charge in [-0.25, -0.2) is 17.8 Å². The van der Waals surface area contributed by atoms with Gasteiger partial charge in [-0.3, -0.25) is 9.71 Å². The van der Waals surface area contributed by atoms with E-state index in [1.54, 1.807) is 18.3 Å². The molecule has 0 unspecified atom stereocenters. The second kappa shape index (κ2) is 7.24. The van der Waals surface area contributed by atoms with Gasteiger partial charge in [0.2, 0.25) is 0 Å². The molecule has 4 rings (SSSR count). The average Bonchev–Trinajstić information content (AvgIpc) is 2.70. The molecule has 0 spiro atoms. The van der Waals surface area contributed by atoms with Gasteiger partial charge < -0.3 is 5.32 Å². The summed E-state index contributed by atoms with van der Waals surface area (Å²) in [6, 6.07) is 17.5. The molecule has 2 aromatic carbocycles. The van der Waals surface area contributed by atoms with Crippen LogP contribution in [0, 0.1) is 5.82 Å². The molecule has 2 N–H and O–H groups in total. The van der Waals surface area contributed by atoms with Gasteiger partial charge >= 0.3 is 0 Å². The standard InChI is InChI=1S/C20H15FN4O2S/c21-15-6-9-17(10-7-15)28(26,27)25-16-8-11-19(23-13-16)24-18-5-1-3-14-4-2-12-22-20(14)18/h1-13,25H,(H,23,24). The summed E-state index contributed by atoms with van der Waals surface area (Å²) >= 11 is 0. The number of hydrogen-bond acceptors (Lipinski definition) is 5. The van der Waals surface area contributed by atoms with Gasteiger partial charge in [0.15, 0.2) is 0 Å². The summed E-state index contributed by atoms with van der Waals surface area (Å²) in [7, 11) is -3.82. The summed E-state index contributed by atoms with van der Waals surface area (Å²) < 4.78 is 40.1. The van der Waals surface area contributed by atoms with Crippen molar-refractivity contribution in [2.75, 3.05) is 10.0 Å². The third kappa shape index (κ3) is 3.77. The number of nitrogens with zero attached hydrogens (tertiary/aromatic N) is 2. The number of anilines is 3. The summed E-state index contributed by atoms with van der Waals surface area (Å²) in [4.78, 5) is 8.59. The number of hydrogen-bond donors (Lipinski definition) is 2. The van der Waals surface area contributed by atoms with E-state index < -0.39 is 15.8 Å². The van der Waals surface area contributed by atoms with Crippen LogP contribution in [-0.4, -0.2) is 18.4 Å². The number of nitrogens with one attached hydrogen (secondary N) is 2. The Morgan fingerprint density at radius 1 is 0.857 bits per heavy atom. The maximum Gasteiger partial charge on any atom is 0.261 e. The van der Waals surface area contributed by atoms with Crippen LogP contribution in [0.3, 0.4) is 0 Å². The fourth-order valence-corrected chi connectivity index (χ4v) is 3.74. The van der Waals surface area contributed by atoms with Gasteiger partial charge in [-0.1, -0.05) is 18.2 Å². The zero-order chi connectivity index (χ0) is 19.6. The highest BCUT2D eigenvalue weighted by molar-refractivity contribution is 7.92. The fourth-order valence-electron chi connectivity index (χ4n) is 2.70. The summed E-state index contributed by atoms with van der Waals surface area (Å²) in [6.07, 6.45) is 3.12. The molecule has 2 heterocycles. The predicted molar refractivity (Wildman–Crippen MR) is 106 cm³/mol. The zero-order valence-corrected chi connectivity index (χ0v) is 15.3. The van der Waals surface area contributed by atoms with Gasteiger partial charge in [0.25, 0.3) is 10.0 Å². The molecule has 0 aliphatic carbocycles. The van der Waals surface area contributed by atoms with E-state index in [0.717, 1.165) is 28.7 Å². The SMILES string of the molecule is O=S(=O)(Nc1ccc(Nc2cccc3cccnc23)nc1)c1ccc(F)cc1. The van der Waals surface area contributed by atoms with E-state index in [1.165, 1.54) is 18.3 Å². The highest BCUT2D eigenvalue weighted by Gasteiger charge is 2.14. The molecule has 140 valence electrons. The van der Waals surface area contributed by atoms with Crippen molar-refractivity contribution in [2.45, 2.75) is 4.90 Å². The average molecular weight is 394 g/mol. The number of para-hydroxylation sites is 1. The number of rotatable bonds is 5. The van der Waals surface area contributed by atoms with Crippen LogP contribution in [0.25, 0.3) is 10.9 Å². The van der Waals surface area contributed by atoms with Crippen molar-refractivity contribution in [2.24, 2.45) is 0 Å². The van der Waals surface area contributed by atoms with Crippen molar-refractivity contribution in [3.05, 3.63) is 84.9 Å². The molecule has 0 fully saturated rings. The van der Waals surface area contributed by atoms with Crippen molar-refractivity contribution >= 4 is 38.1 Å². The molecule has 0 bridgehead atoms. The largest absolute Gasteiger partial charge is 0.338 e. The van der Waals surface area contributed by atoms with Crippen LogP contribution >= 0.6 is 0 Å². The third-order valence-corrected chi connectivity index (χ3v) is 5.43. The molecule has 6 nitrogen and oxygen atoms in total. The highest BCUT2D eigenvalue weighted by Crippen LogP contribution is 2.24. The number of sulfonamides is 1. The van der Waals surface area contributed by atoms with E-state index >= 15 is 0 Å². The first-order chi connectivity index (χ1) is 13.5. The number of aromatic nitrogens is 2. The smallest absolute Gasteiger partial charge is 0.261 e. The van der Waals surface area contributed by atoms with Crippen LogP contribution in [0.4, 0.5) is 21.6 Å². The Kier molecular flexibility index (Phi) is 4.62. The first-order valence-corrected chi connectivity index (χ1v) is 9.85. The minimum absolute atomic E-state index is 0.0297. The molecule has 4 aromatic rings. The van der Waals surface area contributed by atoms with E-state index in [0.29, 0.717) is 11.5 Å². The van der Waals surface area contributed by atoms with Crippen LogP contribution in [-0.2, 0) is 10.0 Å². The Labute approximate surface area is 161 Å². The van der Waals surface area contributed by atoms with E-state index in [1.807, 2.05) is 30.3 Å².